The Kier molecular flexibility index (Phi) is 4.97. The standard InChI is InChI=1S/C15H12N6O2S/c1-8(2)12-9(6-16)13(18)20-14(10(12)7-17)24-15-11(21(22)23)4-3-5-19-15/h3-5,8H,1-2H3,(H2,18,20). The van der Waals surface area contributed by atoms with Crippen LogP contribution in [0.5, 0.6) is 0 Å². The second-order valence-electron chi connectivity index (χ2n) is 5.03. The van der Waals surface area contributed by atoms with Crippen LogP contribution in [-0.2, 0) is 0 Å². The fraction of sp³-hybridized carbons (Fsp3) is 0.200. The lowest BCUT2D eigenvalue weighted by Crippen LogP contribution is -2.07. The Morgan fingerprint density at radius 1 is 1.29 bits per heavy atom. The van der Waals surface area contributed by atoms with E-state index in [9.17, 15) is 20.6 Å². The monoisotopic (exact) mass is 340 g/mol. The number of hydrogen-bond donors (Lipinski definition) is 1. The van der Waals surface area contributed by atoms with E-state index in [2.05, 4.69) is 9.97 Å². The van der Waals surface area contributed by atoms with Crippen molar-refractivity contribution in [3.63, 3.8) is 0 Å². The van der Waals surface area contributed by atoms with Gasteiger partial charge in [0, 0.05) is 12.3 Å². The van der Waals surface area contributed by atoms with Gasteiger partial charge in [0.2, 0.25) is 0 Å². The van der Waals surface area contributed by atoms with Crippen LogP contribution in [0.2, 0.25) is 0 Å². The molecule has 0 atom stereocenters. The second kappa shape index (κ2) is 6.94. The molecule has 9 heteroatoms. The van der Waals surface area contributed by atoms with Crippen LogP contribution in [0.3, 0.4) is 0 Å². The normalized spacial score (nSPS) is 10.2. The molecule has 0 amide bonds. The summed E-state index contributed by atoms with van der Waals surface area (Å²) in [6.07, 6.45) is 1.41. The summed E-state index contributed by atoms with van der Waals surface area (Å²) >= 11 is 0.883. The molecule has 0 aromatic carbocycles. The van der Waals surface area contributed by atoms with Crippen molar-refractivity contribution in [3.05, 3.63) is 45.1 Å². The van der Waals surface area contributed by atoms with E-state index in [1.165, 1.54) is 18.3 Å². The van der Waals surface area contributed by atoms with Crippen molar-refractivity contribution in [2.45, 2.75) is 29.8 Å². The third kappa shape index (κ3) is 3.12. The molecule has 2 aromatic rings. The van der Waals surface area contributed by atoms with E-state index in [-0.39, 0.29) is 38.6 Å². The van der Waals surface area contributed by atoms with Gasteiger partial charge in [-0.15, -0.1) is 0 Å². The first-order valence-corrected chi connectivity index (χ1v) is 7.63. The van der Waals surface area contributed by atoms with E-state index in [0.717, 1.165) is 11.8 Å². The number of rotatable bonds is 4. The molecule has 2 heterocycles. The highest BCUT2D eigenvalue weighted by Crippen LogP contribution is 2.38. The minimum absolute atomic E-state index is 0.0127. The first kappa shape index (κ1) is 17.2. The molecule has 2 N–H and O–H groups in total. The van der Waals surface area contributed by atoms with Gasteiger partial charge in [-0.3, -0.25) is 10.1 Å². The predicted octanol–water partition coefficient (Wildman–Crippen LogP) is 2.98. The van der Waals surface area contributed by atoms with E-state index in [1.807, 2.05) is 26.0 Å². The van der Waals surface area contributed by atoms with Crippen LogP contribution in [-0.4, -0.2) is 14.9 Å². The third-order valence-electron chi connectivity index (χ3n) is 3.17. The van der Waals surface area contributed by atoms with Crippen LogP contribution < -0.4 is 5.73 Å². The van der Waals surface area contributed by atoms with Gasteiger partial charge in [-0.05, 0) is 29.3 Å². The summed E-state index contributed by atoms with van der Waals surface area (Å²) in [5, 5.41) is 30.2. The number of pyridine rings is 2. The van der Waals surface area contributed by atoms with E-state index in [0.29, 0.717) is 5.56 Å². The maximum atomic E-state index is 11.1. The molecule has 0 aliphatic carbocycles. The summed E-state index contributed by atoms with van der Waals surface area (Å²) < 4.78 is 0. The highest BCUT2D eigenvalue weighted by atomic mass is 32.2. The lowest BCUT2D eigenvalue weighted by atomic mass is 9.94. The largest absolute Gasteiger partial charge is 0.383 e. The summed E-state index contributed by atoms with van der Waals surface area (Å²) in [7, 11) is 0. The molecular weight excluding hydrogens is 328 g/mol. The van der Waals surface area contributed by atoms with Crippen molar-refractivity contribution >= 4 is 23.3 Å². The average Bonchev–Trinajstić information content (AvgIpc) is 2.54. The van der Waals surface area contributed by atoms with Crippen molar-refractivity contribution in [1.82, 2.24) is 9.97 Å². The number of nitrogen functional groups attached to an aromatic ring is 1. The number of anilines is 1. The zero-order chi connectivity index (χ0) is 17.9. The first-order chi connectivity index (χ1) is 11.4. The molecule has 0 spiro atoms. The maximum absolute atomic E-state index is 11.1. The van der Waals surface area contributed by atoms with Gasteiger partial charge in [0.25, 0.3) is 0 Å². The SMILES string of the molecule is CC(C)c1c(C#N)c(N)nc(Sc2ncccc2[N+](=O)[O-])c1C#N. The van der Waals surface area contributed by atoms with Crippen LogP contribution in [0.15, 0.2) is 28.4 Å². The molecule has 0 saturated carbocycles. The molecule has 120 valence electrons. The fourth-order valence-electron chi connectivity index (χ4n) is 2.17. The predicted molar refractivity (Wildman–Crippen MR) is 87.2 cm³/mol. The van der Waals surface area contributed by atoms with Gasteiger partial charge >= 0.3 is 5.69 Å². The van der Waals surface area contributed by atoms with E-state index >= 15 is 0 Å². The molecule has 2 rings (SSSR count). The molecule has 0 unspecified atom stereocenters. The highest BCUT2D eigenvalue weighted by molar-refractivity contribution is 7.99. The fourth-order valence-corrected chi connectivity index (χ4v) is 3.11. The lowest BCUT2D eigenvalue weighted by molar-refractivity contribution is -0.388. The van der Waals surface area contributed by atoms with Crippen LogP contribution >= 0.6 is 11.8 Å². The maximum Gasteiger partial charge on any atom is 0.301 e. The lowest BCUT2D eigenvalue weighted by Gasteiger charge is -2.14. The average molecular weight is 340 g/mol. The van der Waals surface area contributed by atoms with E-state index < -0.39 is 4.92 Å². The van der Waals surface area contributed by atoms with Gasteiger partial charge in [-0.1, -0.05) is 13.8 Å². The Morgan fingerprint density at radius 3 is 2.50 bits per heavy atom. The minimum Gasteiger partial charge on any atom is -0.383 e. The molecule has 0 aliphatic rings. The highest BCUT2D eigenvalue weighted by Gasteiger charge is 2.24. The number of nitrogens with zero attached hydrogens (tertiary/aromatic N) is 5. The Bertz CT molecular complexity index is 898. The molecular formula is C15H12N6O2S. The summed E-state index contributed by atoms with van der Waals surface area (Å²) in [5.41, 5.74) is 6.46. The van der Waals surface area contributed by atoms with Gasteiger partial charge in [-0.25, -0.2) is 9.97 Å². The van der Waals surface area contributed by atoms with Gasteiger partial charge in [-0.2, -0.15) is 10.5 Å². The Morgan fingerprint density at radius 2 is 1.96 bits per heavy atom. The van der Waals surface area contributed by atoms with Gasteiger partial charge < -0.3 is 5.73 Å². The van der Waals surface area contributed by atoms with Crippen LogP contribution in [0.25, 0.3) is 0 Å². The first-order valence-electron chi connectivity index (χ1n) is 6.81. The van der Waals surface area contributed by atoms with E-state index in [1.54, 1.807) is 0 Å². The summed E-state index contributed by atoms with van der Waals surface area (Å²) in [6, 6.07) is 6.77. The van der Waals surface area contributed by atoms with Gasteiger partial charge in [0.15, 0.2) is 5.03 Å². The Labute approximate surface area is 142 Å². The van der Waals surface area contributed by atoms with Crippen LogP contribution in [0, 0.1) is 32.8 Å². The van der Waals surface area contributed by atoms with Gasteiger partial charge in [0.05, 0.1) is 16.1 Å². The molecule has 8 nitrogen and oxygen atoms in total. The Balaban J connectivity index is 2.68. The number of aromatic nitrogens is 2. The molecule has 24 heavy (non-hydrogen) atoms. The van der Waals surface area contributed by atoms with Crippen molar-refractivity contribution in [1.29, 1.82) is 10.5 Å². The van der Waals surface area contributed by atoms with Crippen molar-refractivity contribution in [2.75, 3.05) is 5.73 Å². The van der Waals surface area contributed by atoms with Crippen LogP contribution in [0.4, 0.5) is 11.5 Å². The number of nitrogens with two attached hydrogens (primary N) is 1. The van der Waals surface area contributed by atoms with Crippen molar-refractivity contribution in [3.8, 4) is 12.1 Å². The number of hydrogen-bond acceptors (Lipinski definition) is 8. The van der Waals surface area contributed by atoms with E-state index in [4.69, 9.17) is 5.73 Å². The van der Waals surface area contributed by atoms with Crippen molar-refractivity contribution < 1.29 is 4.92 Å². The summed E-state index contributed by atoms with van der Waals surface area (Å²) in [5.74, 6) is -0.154. The molecule has 0 radical (unpaired) electrons. The van der Waals surface area contributed by atoms with Gasteiger partial charge in [0.1, 0.15) is 23.0 Å². The van der Waals surface area contributed by atoms with Crippen molar-refractivity contribution in [2.24, 2.45) is 0 Å². The molecule has 0 saturated heterocycles. The molecule has 0 bridgehead atoms. The smallest absolute Gasteiger partial charge is 0.301 e. The zero-order valence-corrected chi connectivity index (χ0v) is 13.7. The third-order valence-corrected chi connectivity index (χ3v) is 4.17. The summed E-state index contributed by atoms with van der Waals surface area (Å²) in [4.78, 5) is 18.6. The quantitative estimate of drug-likeness (QED) is 0.661. The summed E-state index contributed by atoms with van der Waals surface area (Å²) in [6.45, 7) is 3.65. The topological polar surface area (TPSA) is 143 Å². The molecule has 0 aliphatic heterocycles. The molecule has 2 aromatic heterocycles. The number of nitriles is 2. The molecule has 0 fully saturated rings. The minimum atomic E-state index is -0.558. The zero-order valence-electron chi connectivity index (χ0n) is 12.8. The van der Waals surface area contributed by atoms with Crippen LogP contribution in [0.1, 0.15) is 36.5 Å². The second-order valence-corrected chi connectivity index (χ2v) is 6.01. The Hall–Kier alpha value is -3.17. The number of nitro groups is 1.